The SMILES string of the molecule is OCCSC(CO)CSCC(O)CSCCCl. The highest BCUT2D eigenvalue weighted by Crippen LogP contribution is 2.17. The van der Waals surface area contributed by atoms with E-state index in [1.165, 1.54) is 0 Å². The van der Waals surface area contributed by atoms with Gasteiger partial charge in [-0.2, -0.15) is 35.3 Å². The molecule has 0 amide bonds. The zero-order valence-electron chi connectivity index (χ0n) is 9.76. The lowest BCUT2D eigenvalue weighted by Gasteiger charge is -2.14. The molecule has 0 aromatic carbocycles. The Morgan fingerprint density at radius 1 is 1.00 bits per heavy atom. The Labute approximate surface area is 121 Å². The predicted octanol–water partition coefficient (Wildman–Crippen LogP) is 1.14. The van der Waals surface area contributed by atoms with Crippen LogP contribution in [0.15, 0.2) is 0 Å². The molecule has 17 heavy (non-hydrogen) atoms. The summed E-state index contributed by atoms with van der Waals surface area (Å²) in [6.07, 6.45) is -0.310. The molecule has 7 heteroatoms. The summed E-state index contributed by atoms with van der Waals surface area (Å²) in [5, 5.41) is 27.6. The van der Waals surface area contributed by atoms with Crippen molar-refractivity contribution in [2.24, 2.45) is 0 Å². The molecule has 0 fully saturated rings. The van der Waals surface area contributed by atoms with Crippen molar-refractivity contribution in [2.45, 2.75) is 11.4 Å². The molecule has 0 aliphatic heterocycles. The van der Waals surface area contributed by atoms with Crippen LogP contribution in [0, 0.1) is 0 Å². The van der Waals surface area contributed by atoms with Gasteiger partial charge >= 0.3 is 0 Å². The van der Waals surface area contributed by atoms with Gasteiger partial charge in [-0.05, 0) is 0 Å². The minimum atomic E-state index is -0.310. The lowest BCUT2D eigenvalue weighted by molar-refractivity contribution is 0.225. The van der Waals surface area contributed by atoms with Gasteiger partial charge in [0.1, 0.15) is 0 Å². The van der Waals surface area contributed by atoms with E-state index in [-0.39, 0.29) is 24.6 Å². The van der Waals surface area contributed by atoms with Crippen molar-refractivity contribution >= 4 is 46.9 Å². The van der Waals surface area contributed by atoms with Gasteiger partial charge in [0.2, 0.25) is 0 Å². The lowest BCUT2D eigenvalue weighted by Crippen LogP contribution is -2.18. The molecule has 0 rings (SSSR count). The van der Waals surface area contributed by atoms with Crippen molar-refractivity contribution in [3.05, 3.63) is 0 Å². The van der Waals surface area contributed by atoms with Crippen LogP contribution < -0.4 is 0 Å². The van der Waals surface area contributed by atoms with Gasteiger partial charge in [0.05, 0.1) is 19.3 Å². The fraction of sp³-hybridized carbons (Fsp3) is 1.00. The van der Waals surface area contributed by atoms with Gasteiger partial charge in [-0.3, -0.25) is 0 Å². The number of aliphatic hydroxyl groups is 3. The van der Waals surface area contributed by atoms with Gasteiger partial charge < -0.3 is 15.3 Å². The number of thioether (sulfide) groups is 3. The van der Waals surface area contributed by atoms with Crippen molar-refractivity contribution in [3.63, 3.8) is 0 Å². The van der Waals surface area contributed by atoms with Crippen LogP contribution in [0.3, 0.4) is 0 Å². The summed E-state index contributed by atoms with van der Waals surface area (Å²) in [7, 11) is 0. The highest BCUT2D eigenvalue weighted by Gasteiger charge is 2.10. The van der Waals surface area contributed by atoms with E-state index in [0.717, 1.165) is 11.5 Å². The van der Waals surface area contributed by atoms with Gasteiger partial charge in [-0.15, -0.1) is 11.6 Å². The third kappa shape index (κ3) is 12.0. The molecule has 0 radical (unpaired) electrons. The number of rotatable bonds is 12. The smallest absolute Gasteiger partial charge is 0.0720 e. The monoisotopic (exact) mass is 320 g/mol. The molecule has 0 spiro atoms. The molecule has 0 saturated heterocycles. The Bertz CT molecular complexity index is 166. The maximum Gasteiger partial charge on any atom is 0.0720 e. The second kappa shape index (κ2) is 13.6. The average Bonchev–Trinajstić information content (AvgIpc) is 2.34. The summed E-state index contributed by atoms with van der Waals surface area (Å²) in [5.41, 5.74) is 0. The van der Waals surface area contributed by atoms with E-state index in [2.05, 4.69) is 0 Å². The van der Waals surface area contributed by atoms with Gasteiger partial charge in [-0.25, -0.2) is 0 Å². The Morgan fingerprint density at radius 3 is 2.29 bits per heavy atom. The van der Waals surface area contributed by atoms with Crippen LogP contribution in [0.2, 0.25) is 0 Å². The summed E-state index contributed by atoms with van der Waals surface area (Å²) in [4.78, 5) is 0. The number of hydrogen-bond donors (Lipinski definition) is 3. The van der Waals surface area contributed by atoms with E-state index in [1.807, 2.05) is 0 Å². The van der Waals surface area contributed by atoms with Crippen molar-refractivity contribution in [2.75, 3.05) is 47.9 Å². The second-order valence-electron chi connectivity index (χ2n) is 3.35. The first-order chi connectivity index (χ1) is 8.24. The normalized spacial score (nSPS) is 14.8. The zero-order valence-corrected chi connectivity index (χ0v) is 13.0. The van der Waals surface area contributed by atoms with E-state index in [4.69, 9.17) is 21.8 Å². The van der Waals surface area contributed by atoms with Gasteiger partial charge in [0.25, 0.3) is 0 Å². The molecular formula is C10H21ClO3S3. The standard InChI is InChI=1S/C10H21ClO3S3/c11-1-3-15-6-9(14)7-16-8-10(5-13)17-4-2-12/h9-10,12-14H,1-8H2. The summed E-state index contributed by atoms with van der Waals surface area (Å²) in [5.74, 6) is 4.35. The van der Waals surface area contributed by atoms with Crippen LogP contribution in [0.1, 0.15) is 0 Å². The van der Waals surface area contributed by atoms with Gasteiger partial charge in [0, 0.05) is 39.9 Å². The molecule has 3 nitrogen and oxygen atoms in total. The molecule has 0 aromatic rings. The summed E-state index contributed by atoms with van der Waals surface area (Å²) in [6.45, 7) is 0.262. The van der Waals surface area contributed by atoms with Crippen LogP contribution in [-0.4, -0.2) is 74.5 Å². The topological polar surface area (TPSA) is 60.7 Å². The molecule has 0 aromatic heterocycles. The van der Waals surface area contributed by atoms with E-state index in [0.29, 0.717) is 23.1 Å². The lowest BCUT2D eigenvalue weighted by atomic mass is 10.5. The Balaban J connectivity index is 3.45. The number of halogens is 1. The average molecular weight is 321 g/mol. The Kier molecular flexibility index (Phi) is 14.6. The molecule has 0 heterocycles. The number of alkyl halides is 1. The predicted molar refractivity (Wildman–Crippen MR) is 81.8 cm³/mol. The van der Waals surface area contributed by atoms with Crippen molar-refractivity contribution in [3.8, 4) is 0 Å². The van der Waals surface area contributed by atoms with Crippen molar-refractivity contribution in [1.82, 2.24) is 0 Å². The first-order valence-electron chi connectivity index (χ1n) is 5.47. The molecule has 0 aliphatic carbocycles. The molecule has 0 saturated carbocycles. The van der Waals surface area contributed by atoms with Gasteiger partial charge in [-0.1, -0.05) is 0 Å². The van der Waals surface area contributed by atoms with Crippen LogP contribution in [0.25, 0.3) is 0 Å². The second-order valence-corrected chi connectivity index (χ2v) is 7.37. The van der Waals surface area contributed by atoms with Crippen LogP contribution in [0.4, 0.5) is 0 Å². The molecule has 0 bridgehead atoms. The van der Waals surface area contributed by atoms with Crippen LogP contribution in [0.5, 0.6) is 0 Å². The molecule has 104 valence electrons. The maximum atomic E-state index is 9.64. The quantitative estimate of drug-likeness (QED) is 0.370. The Hall–Kier alpha value is 1.22. The van der Waals surface area contributed by atoms with Crippen LogP contribution >= 0.6 is 46.9 Å². The molecule has 0 aliphatic rings. The van der Waals surface area contributed by atoms with E-state index < -0.39 is 0 Å². The van der Waals surface area contributed by atoms with Gasteiger partial charge in [0.15, 0.2) is 0 Å². The highest BCUT2D eigenvalue weighted by atomic mass is 35.5. The third-order valence-corrected chi connectivity index (χ3v) is 6.00. The maximum absolute atomic E-state index is 9.64. The molecule has 2 unspecified atom stereocenters. The largest absolute Gasteiger partial charge is 0.396 e. The molecule has 2 atom stereocenters. The van der Waals surface area contributed by atoms with E-state index in [9.17, 15) is 5.11 Å². The first kappa shape index (κ1) is 18.2. The zero-order chi connectivity index (χ0) is 12.9. The van der Waals surface area contributed by atoms with E-state index >= 15 is 0 Å². The minimum absolute atomic E-state index is 0.120. The summed E-state index contributed by atoms with van der Waals surface area (Å²) >= 11 is 10.4. The van der Waals surface area contributed by atoms with Crippen molar-refractivity contribution in [1.29, 1.82) is 0 Å². The minimum Gasteiger partial charge on any atom is -0.396 e. The fourth-order valence-corrected chi connectivity index (χ4v) is 4.28. The highest BCUT2D eigenvalue weighted by molar-refractivity contribution is 8.03. The van der Waals surface area contributed by atoms with Crippen molar-refractivity contribution < 1.29 is 15.3 Å². The summed E-state index contributed by atoms with van der Waals surface area (Å²) < 4.78 is 0. The molecule has 3 N–H and O–H groups in total. The fourth-order valence-electron chi connectivity index (χ4n) is 1.03. The Morgan fingerprint density at radius 2 is 1.71 bits per heavy atom. The first-order valence-corrected chi connectivity index (χ1v) is 9.36. The van der Waals surface area contributed by atoms with Crippen LogP contribution in [-0.2, 0) is 0 Å². The van der Waals surface area contributed by atoms with E-state index in [1.54, 1.807) is 35.3 Å². The third-order valence-electron chi connectivity index (χ3n) is 1.79. The number of hydrogen-bond acceptors (Lipinski definition) is 6. The summed E-state index contributed by atoms with van der Waals surface area (Å²) in [6, 6.07) is 0. The number of aliphatic hydroxyl groups excluding tert-OH is 3. The molecular weight excluding hydrogens is 300 g/mol.